The molecule has 5 nitrogen and oxygen atoms in total. The monoisotopic (exact) mass is 198 g/mol. The Labute approximate surface area is 82.3 Å². The molecule has 0 amide bonds. The molecule has 0 spiro atoms. The molecule has 0 saturated heterocycles. The molecule has 0 aliphatic rings. The molecule has 0 bridgehead atoms. The Morgan fingerprint density at radius 3 is 2.79 bits per heavy atom. The molecule has 0 saturated carbocycles. The van der Waals surface area contributed by atoms with E-state index in [0.29, 0.717) is 18.3 Å². The van der Waals surface area contributed by atoms with Crippen molar-refractivity contribution in [2.45, 2.75) is 26.4 Å². The van der Waals surface area contributed by atoms with Gasteiger partial charge in [-0.15, -0.1) is 0 Å². The van der Waals surface area contributed by atoms with E-state index in [4.69, 9.17) is 9.63 Å². The largest absolute Gasteiger partial charge is 0.476 e. The predicted octanol–water partition coefficient (Wildman–Crippen LogP) is 1.21. The quantitative estimate of drug-likeness (QED) is 0.787. The van der Waals surface area contributed by atoms with E-state index in [9.17, 15) is 4.79 Å². The van der Waals surface area contributed by atoms with Crippen LogP contribution >= 0.6 is 0 Å². The summed E-state index contributed by atoms with van der Waals surface area (Å²) in [6, 6.07) is 1.83. The molecular weight excluding hydrogens is 184 g/mol. The van der Waals surface area contributed by atoms with Crippen LogP contribution in [0.2, 0.25) is 0 Å². The van der Waals surface area contributed by atoms with Crippen LogP contribution in [0.15, 0.2) is 10.6 Å². The van der Waals surface area contributed by atoms with Gasteiger partial charge >= 0.3 is 5.97 Å². The van der Waals surface area contributed by atoms with Gasteiger partial charge in [0, 0.05) is 12.1 Å². The van der Waals surface area contributed by atoms with Crippen LogP contribution < -0.4 is 0 Å². The molecule has 0 radical (unpaired) electrons. The highest BCUT2D eigenvalue weighted by Crippen LogP contribution is 2.08. The summed E-state index contributed by atoms with van der Waals surface area (Å²) in [6.07, 6.45) is 0. The van der Waals surface area contributed by atoms with Gasteiger partial charge in [0.05, 0.1) is 6.54 Å². The lowest BCUT2D eigenvalue weighted by molar-refractivity contribution is 0.0685. The summed E-state index contributed by atoms with van der Waals surface area (Å²) in [4.78, 5) is 12.5. The maximum absolute atomic E-state index is 10.5. The van der Waals surface area contributed by atoms with Crippen LogP contribution in [0.1, 0.15) is 30.1 Å². The summed E-state index contributed by atoms with van der Waals surface area (Å²) in [6.45, 7) is 4.67. The molecule has 78 valence electrons. The van der Waals surface area contributed by atoms with Gasteiger partial charge in [0.15, 0.2) is 11.5 Å². The topological polar surface area (TPSA) is 66.6 Å². The van der Waals surface area contributed by atoms with Crippen molar-refractivity contribution in [3.05, 3.63) is 17.5 Å². The van der Waals surface area contributed by atoms with Gasteiger partial charge in [-0.3, -0.25) is 4.90 Å². The number of hydrogen-bond acceptors (Lipinski definition) is 4. The zero-order valence-corrected chi connectivity index (χ0v) is 8.52. The minimum Gasteiger partial charge on any atom is -0.476 e. The predicted molar refractivity (Wildman–Crippen MR) is 50.1 cm³/mol. The van der Waals surface area contributed by atoms with Crippen LogP contribution in [0.5, 0.6) is 0 Å². The maximum atomic E-state index is 10.5. The molecule has 0 aliphatic carbocycles. The van der Waals surface area contributed by atoms with Crippen LogP contribution in [0.4, 0.5) is 0 Å². The number of carboxylic acids is 1. The number of hydrogen-bond donors (Lipinski definition) is 1. The smallest absolute Gasteiger partial charge is 0.358 e. The molecule has 1 aromatic rings. The lowest BCUT2D eigenvalue weighted by Gasteiger charge is -2.18. The minimum absolute atomic E-state index is 0.0443. The number of aromatic nitrogens is 1. The fourth-order valence-electron chi connectivity index (χ4n) is 0.917. The number of carbonyl (C=O) groups is 1. The Hall–Kier alpha value is -1.36. The molecule has 0 aliphatic heterocycles. The molecule has 0 unspecified atom stereocenters. The van der Waals surface area contributed by atoms with Gasteiger partial charge in [0.1, 0.15) is 0 Å². The first-order chi connectivity index (χ1) is 6.50. The SMILES string of the molecule is CC(C)N(C)Cc1cc(C(=O)O)no1. The first-order valence-electron chi connectivity index (χ1n) is 4.40. The summed E-state index contributed by atoms with van der Waals surface area (Å²) in [7, 11) is 1.94. The maximum Gasteiger partial charge on any atom is 0.358 e. The summed E-state index contributed by atoms with van der Waals surface area (Å²) < 4.78 is 4.87. The highest BCUT2D eigenvalue weighted by molar-refractivity contribution is 5.85. The Morgan fingerprint density at radius 2 is 2.36 bits per heavy atom. The zero-order valence-electron chi connectivity index (χ0n) is 8.52. The lowest BCUT2D eigenvalue weighted by Crippen LogP contribution is -2.25. The third-order valence-electron chi connectivity index (χ3n) is 2.06. The summed E-state index contributed by atoms with van der Waals surface area (Å²) in [5.74, 6) is -0.495. The molecule has 14 heavy (non-hydrogen) atoms. The summed E-state index contributed by atoms with van der Waals surface area (Å²) in [5.41, 5.74) is -0.0443. The second kappa shape index (κ2) is 4.23. The van der Waals surface area contributed by atoms with Gasteiger partial charge in [0.25, 0.3) is 0 Å². The van der Waals surface area contributed by atoms with Crippen molar-refractivity contribution < 1.29 is 14.4 Å². The Bertz CT molecular complexity index is 320. The highest BCUT2D eigenvalue weighted by Gasteiger charge is 2.12. The first-order valence-corrected chi connectivity index (χ1v) is 4.40. The van der Waals surface area contributed by atoms with E-state index in [0.717, 1.165) is 0 Å². The van der Waals surface area contributed by atoms with E-state index in [1.165, 1.54) is 6.07 Å². The van der Waals surface area contributed by atoms with E-state index >= 15 is 0 Å². The standard InChI is InChI=1S/C9H14N2O3/c1-6(2)11(3)5-7-4-8(9(12)13)10-14-7/h4,6H,5H2,1-3H3,(H,12,13). The van der Waals surface area contributed by atoms with Gasteiger partial charge in [0.2, 0.25) is 0 Å². The van der Waals surface area contributed by atoms with Crippen LogP contribution in [-0.4, -0.2) is 34.2 Å². The average Bonchev–Trinajstić information content (AvgIpc) is 2.52. The van der Waals surface area contributed by atoms with Crippen molar-refractivity contribution in [3.8, 4) is 0 Å². The van der Waals surface area contributed by atoms with Crippen molar-refractivity contribution in [1.29, 1.82) is 0 Å². The van der Waals surface area contributed by atoms with Gasteiger partial charge < -0.3 is 9.63 Å². The molecular formula is C9H14N2O3. The Balaban J connectivity index is 2.64. The number of carboxylic acid groups (broad SMARTS) is 1. The van der Waals surface area contributed by atoms with Crippen molar-refractivity contribution in [2.75, 3.05) is 7.05 Å². The van der Waals surface area contributed by atoms with Gasteiger partial charge in [-0.1, -0.05) is 5.16 Å². The molecule has 0 aromatic carbocycles. The van der Waals surface area contributed by atoms with Crippen molar-refractivity contribution in [1.82, 2.24) is 10.1 Å². The Morgan fingerprint density at radius 1 is 1.71 bits per heavy atom. The van der Waals surface area contributed by atoms with E-state index in [2.05, 4.69) is 19.0 Å². The van der Waals surface area contributed by atoms with Gasteiger partial charge in [-0.2, -0.15) is 0 Å². The van der Waals surface area contributed by atoms with Crippen LogP contribution in [0, 0.1) is 0 Å². The number of rotatable bonds is 4. The van der Waals surface area contributed by atoms with Crippen LogP contribution in [0.25, 0.3) is 0 Å². The second-order valence-corrected chi connectivity index (χ2v) is 3.49. The minimum atomic E-state index is -1.06. The van der Waals surface area contributed by atoms with E-state index < -0.39 is 5.97 Å². The van der Waals surface area contributed by atoms with E-state index in [1.807, 2.05) is 11.9 Å². The molecule has 1 rings (SSSR count). The van der Waals surface area contributed by atoms with Crippen LogP contribution in [0.3, 0.4) is 0 Å². The fourth-order valence-corrected chi connectivity index (χ4v) is 0.917. The third-order valence-corrected chi connectivity index (χ3v) is 2.06. The number of aromatic carboxylic acids is 1. The van der Waals surface area contributed by atoms with Gasteiger partial charge in [-0.25, -0.2) is 4.79 Å². The van der Waals surface area contributed by atoms with Crippen molar-refractivity contribution in [2.24, 2.45) is 0 Å². The second-order valence-electron chi connectivity index (χ2n) is 3.49. The molecule has 0 atom stereocenters. The third kappa shape index (κ3) is 2.56. The fraction of sp³-hybridized carbons (Fsp3) is 0.556. The molecule has 0 fully saturated rings. The Kier molecular flexibility index (Phi) is 3.24. The highest BCUT2D eigenvalue weighted by atomic mass is 16.5. The molecule has 1 N–H and O–H groups in total. The van der Waals surface area contributed by atoms with E-state index in [-0.39, 0.29) is 5.69 Å². The summed E-state index contributed by atoms with van der Waals surface area (Å²) >= 11 is 0. The van der Waals surface area contributed by atoms with E-state index in [1.54, 1.807) is 0 Å². The van der Waals surface area contributed by atoms with Gasteiger partial charge in [-0.05, 0) is 20.9 Å². The average molecular weight is 198 g/mol. The van der Waals surface area contributed by atoms with Crippen molar-refractivity contribution >= 4 is 5.97 Å². The van der Waals surface area contributed by atoms with Crippen LogP contribution in [-0.2, 0) is 6.54 Å². The normalized spacial score (nSPS) is 11.2. The molecule has 5 heteroatoms. The first kappa shape index (κ1) is 10.7. The summed E-state index contributed by atoms with van der Waals surface area (Å²) in [5, 5.41) is 12.0. The molecule has 1 aromatic heterocycles. The lowest BCUT2D eigenvalue weighted by atomic mass is 10.3. The zero-order chi connectivity index (χ0) is 10.7. The number of nitrogens with zero attached hydrogens (tertiary/aromatic N) is 2. The van der Waals surface area contributed by atoms with Crippen molar-refractivity contribution in [3.63, 3.8) is 0 Å². The molecule has 1 heterocycles.